The van der Waals surface area contributed by atoms with E-state index in [2.05, 4.69) is 15.2 Å². The summed E-state index contributed by atoms with van der Waals surface area (Å²) in [6.07, 6.45) is 1.57. The van der Waals surface area contributed by atoms with E-state index in [0.717, 1.165) is 4.68 Å². The number of nitrogens with one attached hydrogen (secondary N) is 1. The van der Waals surface area contributed by atoms with Crippen molar-refractivity contribution in [2.45, 2.75) is 26.1 Å². The molecule has 1 unspecified atom stereocenters. The van der Waals surface area contributed by atoms with Gasteiger partial charge in [-0.1, -0.05) is 18.2 Å². The summed E-state index contributed by atoms with van der Waals surface area (Å²) in [7, 11) is 0. The summed E-state index contributed by atoms with van der Waals surface area (Å²) in [6.45, 7) is -1.37. The molecule has 0 fully saturated rings. The average molecular weight is 362 g/mol. The van der Waals surface area contributed by atoms with Crippen LogP contribution in [0.3, 0.4) is 0 Å². The molecule has 0 saturated heterocycles. The first-order chi connectivity index (χ1) is 12.4. The maximum atomic E-state index is 12.2. The van der Waals surface area contributed by atoms with Gasteiger partial charge < -0.3 is 10.1 Å². The van der Waals surface area contributed by atoms with Gasteiger partial charge in [0, 0.05) is 6.20 Å². The zero-order chi connectivity index (χ0) is 18.7. The fourth-order valence-corrected chi connectivity index (χ4v) is 2.52. The zero-order valence-electron chi connectivity index (χ0n) is 13.8. The Labute approximate surface area is 146 Å². The molecule has 9 heteroatoms. The van der Waals surface area contributed by atoms with Crippen LogP contribution in [0.1, 0.15) is 18.5 Å². The van der Waals surface area contributed by atoms with Gasteiger partial charge in [0.15, 0.2) is 5.65 Å². The third kappa shape index (κ3) is 3.88. The molecule has 136 valence electrons. The van der Waals surface area contributed by atoms with Crippen molar-refractivity contribution in [3.05, 3.63) is 64.7 Å². The van der Waals surface area contributed by atoms with Crippen molar-refractivity contribution in [2.75, 3.05) is 0 Å². The molecular weight excluding hydrogens is 346 g/mol. The fourth-order valence-electron chi connectivity index (χ4n) is 2.52. The highest BCUT2D eigenvalue weighted by Gasteiger charge is 2.14. The number of carbonyl (C=O) groups excluding carboxylic acids is 1. The lowest BCUT2D eigenvalue weighted by Crippen LogP contribution is -2.34. The van der Waals surface area contributed by atoms with Crippen LogP contribution in [0.5, 0.6) is 5.75 Å². The second-order valence-electron chi connectivity index (χ2n) is 5.61. The van der Waals surface area contributed by atoms with Crippen molar-refractivity contribution < 1.29 is 18.3 Å². The molecule has 1 N–H and O–H groups in total. The van der Waals surface area contributed by atoms with Crippen molar-refractivity contribution in [3.8, 4) is 5.75 Å². The highest BCUT2D eigenvalue weighted by Crippen LogP contribution is 2.19. The van der Waals surface area contributed by atoms with Crippen LogP contribution < -0.4 is 15.7 Å². The van der Waals surface area contributed by atoms with Crippen LogP contribution in [-0.2, 0) is 11.3 Å². The lowest BCUT2D eigenvalue weighted by molar-refractivity contribution is -0.122. The van der Waals surface area contributed by atoms with Gasteiger partial charge in [0.1, 0.15) is 12.3 Å². The molecule has 26 heavy (non-hydrogen) atoms. The van der Waals surface area contributed by atoms with Crippen LogP contribution in [0, 0.1) is 0 Å². The number of ether oxygens (including phenoxy) is 1. The van der Waals surface area contributed by atoms with E-state index in [1.54, 1.807) is 43.5 Å². The van der Waals surface area contributed by atoms with Gasteiger partial charge in [-0.3, -0.25) is 9.20 Å². The fraction of sp³-hybridized carbons (Fsp3) is 0.235. The van der Waals surface area contributed by atoms with E-state index in [-0.39, 0.29) is 18.3 Å². The summed E-state index contributed by atoms with van der Waals surface area (Å²) < 4.78 is 31.0. The maximum absolute atomic E-state index is 12.2. The van der Waals surface area contributed by atoms with Crippen molar-refractivity contribution in [1.29, 1.82) is 0 Å². The van der Waals surface area contributed by atoms with Gasteiger partial charge in [-0.25, -0.2) is 9.48 Å². The van der Waals surface area contributed by atoms with Gasteiger partial charge in [-0.05, 0) is 36.8 Å². The van der Waals surface area contributed by atoms with Crippen LogP contribution in [-0.4, -0.2) is 26.7 Å². The Kier molecular flexibility index (Phi) is 4.97. The second-order valence-corrected chi connectivity index (χ2v) is 5.61. The number of rotatable bonds is 6. The number of carbonyl (C=O) groups is 1. The topological polar surface area (TPSA) is 77.6 Å². The molecule has 1 amide bonds. The Hall–Kier alpha value is -3.23. The average Bonchev–Trinajstić information content (AvgIpc) is 2.91. The Morgan fingerprint density at radius 2 is 1.96 bits per heavy atom. The first-order valence-corrected chi connectivity index (χ1v) is 7.82. The third-order valence-electron chi connectivity index (χ3n) is 3.76. The SMILES string of the molecule is CC(NC(=O)Cn1nc2ccccn2c1=O)c1ccc(OC(F)F)cc1. The number of halogens is 2. The maximum Gasteiger partial charge on any atom is 0.387 e. The lowest BCUT2D eigenvalue weighted by Gasteiger charge is -2.14. The molecular formula is C17H16F2N4O3. The summed E-state index contributed by atoms with van der Waals surface area (Å²) >= 11 is 0. The Balaban J connectivity index is 1.65. The molecule has 7 nitrogen and oxygen atoms in total. The molecule has 2 aromatic heterocycles. The van der Waals surface area contributed by atoms with E-state index in [9.17, 15) is 18.4 Å². The summed E-state index contributed by atoms with van der Waals surface area (Å²) in [4.78, 5) is 24.3. The Morgan fingerprint density at radius 1 is 1.23 bits per heavy atom. The van der Waals surface area contributed by atoms with Crippen LogP contribution in [0.4, 0.5) is 8.78 Å². The molecule has 3 aromatic rings. The number of nitrogens with zero attached hydrogens (tertiary/aromatic N) is 3. The summed E-state index contributed by atoms with van der Waals surface area (Å²) in [5.41, 5.74) is 0.757. The van der Waals surface area contributed by atoms with E-state index >= 15 is 0 Å². The molecule has 0 aliphatic heterocycles. The van der Waals surface area contributed by atoms with E-state index in [1.807, 2.05) is 0 Å². The number of amides is 1. The molecule has 1 aromatic carbocycles. The predicted molar refractivity (Wildman–Crippen MR) is 89.1 cm³/mol. The van der Waals surface area contributed by atoms with E-state index < -0.39 is 18.2 Å². The molecule has 1 atom stereocenters. The molecule has 0 spiro atoms. The normalized spacial score (nSPS) is 12.3. The quantitative estimate of drug-likeness (QED) is 0.727. The Morgan fingerprint density at radius 3 is 2.62 bits per heavy atom. The lowest BCUT2D eigenvalue weighted by atomic mass is 10.1. The van der Waals surface area contributed by atoms with Gasteiger partial charge >= 0.3 is 12.3 Å². The smallest absolute Gasteiger partial charge is 0.387 e. The van der Waals surface area contributed by atoms with Crippen molar-refractivity contribution in [2.24, 2.45) is 0 Å². The van der Waals surface area contributed by atoms with Gasteiger partial charge in [0.2, 0.25) is 5.91 Å². The number of alkyl halides is 2. The van der Waals surface area contributed by atoms with Crippen LogP contribution in [0.15, 0.2) is 53.5 Å². The second kappa shape index (κ2) is 7.34. The van der Waals surface area contributed by atoms with Gasteiger partial charge in [0.05, 0.1) is 6.04 Å². The van der Waals surface area contributed by atoms with Crippen LogP contribution in [0.2, 0.25) is 0 Å². The van der Waals surface area contributed by atoms with E-state index in [4.69, 9.17) is 0 Å². The minimum atomic E-state index is -2.89. The summed E-state index contributed by atoms with van der Waals surface area (Å²) in [6, 6.07) is 10.7. The van der Waals surface area contributed by atoms with Crippen molar-refractivity contribution in [3.63, 3.8) is 0 Å². The molecule has 2 heterocycles. The number of fused-ring (bicyclic) bond motifs is 1. The number of hydrogen-bond donors (Lipinski definition) is 1. The highest BCUT2D eigenvalue weighted by molar-refractivity contribution is 5.76. The molecule has 3 rings (SSSR count). The van der Waals surface area contributed by atoms with Gasteiger partial charge in [0.25, 0.3) is 0 Å². The summed E-state index contributed by atoms with van der Waals surface area (Å²) in [5.74, 6) is -0.352. The van der Waals surface area contributed by atoms with Gasteiger partial charge in [-0.2, -0.15) is 8.78 Å². The number of hydrogen-bond acceptors (Lipinski definition) is 4. The third-order valence-corrected chi connectivity index (χ3v) is 3.76. The first kappa shape index (κ1) is 17.6. The van der Waals surface area contributed by atoms with Crippen molar-refractivity contribution in [1.82, 2.24) is 19.5 Å². The van der Waals surface area contributed by atoms with Crippen molar-refractivity contribution >= 4 is 11.6 Å². The van der Waals surface area contributed by atoms with Crippen LogP contribution >= 0.6 is 0 Å². The van der Waals surface area contributed by atoms with Gasteiger partial charge in [-0.15, -0.1) is 5.10 Å². The molecule has 0 bridgehead atoms. The molecule has 0 aliphatic carbocycles. The Bertz CT molecular complexity index is 966. The molecule has 0 saturated carbocycles. The van der Waals surface area contributed by atoms with Crippen LogP contribution in [0.25, 0.3) is 5.65 Å². The number of benzene rings is 1. The summed E-state index contributed by atoms with van der Waals surface area (Å²) in [5, 5.41) is 6.83. The monoisotopic (exact) mass is 362 g/mol. The zero-order valence-corrected chi connectivity index (χ0v) is 13.8. The van der Waals surface area contributed by atoms with E-state index in [1.165, 1.54) is 16.5 Å². The minimum Gasteiger partial charge on any atom is -0.435 e. The largest absolute Gasteiger partial charge is 0.435 e. The first-order valence-electron chi connectivity index (χ1n) is 7.82. The molecule has 0 radical (unpaired) electrons. The standard InChI is InChI=1S/C17H16F2N4O3/c1-11(12-5-7-13(8-6-12)26-16(18)19)20-15(24)10-23-17(25)22-9-3-2-4-14(22)21-23/h2-9,11,16H,10H2,1H3,(H,20,24). The minimum absolute atomic E-state index is 0.0403. The van der Waals surface area contributed by atoms with E-state index in [0.29, 0.717) is 11.2 Å². The predicted octanol–water partition coefficient (Wildman–Crippen LogP) is 1.97. The molecule has 0 aliphatic rings. The number of aromatic nitrogens is 3. The highest BCUT2D eigenvalue weighted by atomic mass is 19.3. The number of pyridine rings is 1.